The monoisotopic (exact) mass is 342 g/mol. The topological polar surface area (TPSA) is 58.1 Å². The SMILES string of the molecule is CCNC(=NCC(C(CC)CC)N1CCOCC1)NC(C)COC. The van der Waals surface area contributed by atoms with Gasteiger partial charge in [0.05, 0.1) is 26.4 Å². The summed E-state index contributed by atoms with van der Waals surface area (Å²) in [6.07, 6.45) is 2.39. The van der Waals surface area contributed by atoms with E-state index in [-0.39, 0.29) is 6.04 Å². The fourth-order valence-electron chi connectivity index (χ4n) is 3.33. The molecule has 2 unspecified atom stereocenters. The molecule has 142 valence electrons. The van der Waals surface area contributed by atoms with E-state index in [0.29, 0.717) is 18.6 Å². The van der Waals surface area contributed by atoms with E-state index in [0.717, 1.165) is 45.4 Å². The average molecular weight is 343 g/mol. The molecule has 2 N–H and O–H groups in total. The van der Waals surface area contributed by atoms with Crippen LogP contribution in [-0.2, 0) is 9.47 Å². The second kappa shape index (κ2) is 12.5. The predicted octanol–water partition coefficient (Wildman–Crippen LogP) is 1.71. The Morgan fingerprint density at radius 2 is 1.88 bits per heavy atom. The molecule has 1 rings (SSSR count). The number of rotatable bonds is 10. The first-order valence-corrected chi connectivity index (χ1v) is 9.51. The van der Waals surface area contributed by atoms with Crippen LogP contribution in [0.1, 0.15) is 40.5 Å². The van der Waals surface area contributed by atoms with Gasteiger partial charge < -0.3 is 20.1 Å². The van der Waals surface area contributed by atoms with E-state index in [1.165, 1.54) is 12.8 Å². The van der Waals surface area contributed by atoms with E-state index >= 15 is 0 Å². The van der Waals surface area contributed by atoms with Gasteiger partial charge in [-0.2, -0.15) is 0 Å². The molecule has 0 aromatic heterocycles. The number of ether oxygens (including phenoxy) is 2. The van der Waals surface area contributed by atoms with E-state index in [1.54, 1.807) is 7.11 Å². The molecule has 0 aromatic rings. The third kappa shape index (κ3) is 7.36. The molecule has 2 atom stereocenters. The van der Waals surface area contributed by atoms with Gasteiger partial charge in [-0.15, -0.1) is 0 Å². The second-order valence-electron chi connectivity index (χ2n) is 6.51. The van der Waals surface area contributed by atoms with Crippen LogP contribution < -0.4 is 10.6 Å². The average Bonchev–Trinajstić information content (AvgIpc) is 2.59. The van der Waals surface area contributed by atoms with Crippen LogP contribution in [0.15, 0.2) is 4.99 Å². The molecule has 1 aliphatic heterocycles. The minimum Gasteiger partial charge on any atom is -0.383 e. The van der Waals surface area contributed by atoms with Crippen LogP contribution in [0.3, 0.4) is 0 Å². The summed E-state index contributed by atoms with van der Waals surface area (Å²) in [5, 5.41) is 6.77. The van der Waals surface area contributed by atoms with E-state index in [4.69, 9.17) is 14.5 Å². The first-order chi connectivity index (χ1) is 11.7. The van der Waals surface area contributed by atoms with Gasteiger partial charge in [0.15, 0.2) is 5.96 Å². The smallest absolute Gasteiger partial charge is 0.191 e. The Morgan fingerprint density at radius 3 is 2.42 bits per heavy atom. The molecule has 6 nitrogen and oxygen atoms in total. The Kier molecular flexibility index (Phi) is 11.0. The van der Waals surface area contributed by atoms with E-state index in [1.807, 2.05) is 0 Å². The third-order valence-corrected chi connectivity index (χ3v) is 4.69. The maximum atomic E-state index is 5.52. The Bertz CT molecular complexity index is 342. The van der Waals surface area contributed by atoms with Crippen LogP contribution >= 0.6 is 0 Å². The van der Waals surface area contributed by atoms with Crippen molar-refractivity contribution in [3.8, 4) is 0 Å². The number of guanidine groups is 1. The molecule has 0 aromatic carbocycles. The van der Waals surface area contributed by atoms with Crippen LogP contribution in [-0.4, -0.2) is 76.1 Å². The zero-order valence-corrected chi connectivity index (χ0v) is 16.3. The summed E-state index contributed by atoms with van der Waals surface area (Å²) < 4.78 is 10.7. The lowest BCUT2D eigenvalue weighted by atomic mass is 9.92. The van der Waals surface area contributed by atoms with E-state index in [2.05, 4.69) is 43.2 Å². The fourth-order valence-corrected chi connectivity index (χ4v) is 3.33. The van der Waals surface area contributed by atoms with Crippen LogP contribution in [0.4, 0.5) is 0 Å². The maximum Gasteiger partial charge on any atom is 0.191 e. The molecule has 6 heteroatoms. The summed E-state index contributed by atoms with van der Waals surface area (Å²) in [6, 6.07) is 0.722. The van der Waals surface area contributed by atoms with Gasteiger partial charge in [-0.25, -0.2) is 0 Å². The minimum absolute atomic E-state index is 0.239. The van der Waals surface area contributed by atoms with Crippen molar-refractivity contribution in [1.29, 1.82) is 0 Å². The molecule has 1 heterocycles. The molecular weight excluding hydrogens is 304 g/mol. The lowest BCUT2D eigenvalue weighted by Crippen LogP contribution is -2.49. The van der Waals surface area contributed by atoms with Gasteiger partial charge in [0.25, 0.3) is 0 Å². The number of hydrogen-bond donors (Lipinski definition) is 2. The Labute approximate surface area is 148 Å². The lowest BCUT2D eigenvalue weighted by Gasteiger charge is -2.38. The first-order valence-electron chi connectivity index (χ1n) is 9.51. The summed E-state index contributed by atoms with van der Waals surface area (Å²) in [5.74, 6) is 1.55. The lowest BCUT2D eigenvalue weighted by molar-refractivity contribution is 0.00394. The van der Waals surface area contributed by atoms with Crippen molar-refractivity contribution in [2.24, 2.45) is 10.9 Å². The Morgan fingerprint density at radius 1 is 1.21 bits per heavy atom. The zero-order chi connectivity index (χ0) is 17.8. The molecule has 0 aliphatic carbocycles. The number of hydrogen-bond acceptors (Lipinski definition) is 4. The normalized spacial score (nSPS) is 19.3. The number of methoxy groups -OCH3 is 1. The van der Waals surface area contributed by atoms with Crippen molar-refractivity contribution >= 4 is 5.96 Å². The number of nitrogens with zero attached hydrogens (tertiary/aromatic N) is 2. The molecule has 0 spiro atoms. The maximum absolute atomic E-state index is 5.52. The van der Waals surface area contributed by atoms with Gasteiger partial charge in [0.2, 0.25) is 0 Å². The third-order valence-electron chi connectivity index (χ3n) is 4.69. The molecule has 24 heavy (non-hydrogen) atoms. The van der Waals surface area contributed by atoms with Crippen molar-refractivity contribution in [2.45, 2.75) is 52.6 Å². The van der Waals surface area contributed by atoms with Crippen LogP contribution in [0.2, 0.25) is 0 Å². The fraction of sp³-hybridized carbons (Fsp3) is 0.944. The van der Waals surface area contributed by atoms with Gasteiger partial charge in [0, 0.05) is 38.8 Å². The Hall–Kier alpha value is -0.850. The van der Waals surface area contributed by atoms with Crippen molar-refractivity contribution in [3.05, 3.63) is 0 Å². The summed E-state index contributed by atoms with van der Waals surface area (Å²) in [6.45, 7) is 14.8. The highest BCUT2D eigenvalue weighted by atomic mass is 16.5. The van der Waals surface area contributed by atoms with E-state index < -0.39 is 0 Å². The molecule has 1 fully saturated rings. The van der Waals surface area contributed by atoms with Gasteiger partial charge >= 0.3 is 0 Å². The number of morpholine rings is 1. The van der Waals surface area contributed by atoms with Gasteiger partial charge in [-0.05, 0) is 19.8 Å². The number of nitrogens with one attached hydrogen (secondary N) is 2. The largest absolute Gasteiger partial charge is 0.383 e. The van der Waals surface area contributed by atoms with Crippen molar-refractivity contribution < 1.29 is 9.47 Å². The second-order valence-corrected chi connectivity index (χ2v) is 6.51. The first kappa shape index (κ1) is 21.2. The summed E-state index contributed by atoms with van der Waals surface area (Å²) in [7, 11) is 1.73. The minimum atomic E-state index is 0.239. The Balaban J connectivity index is 2.76. The van der Waals surface area contributed by atoms with Crippen LogP contribution in [0, 0.1) is 5.92 Å². The standard InChI is InChI=1S/C18H38N4O2/c1-6-16(7-2)17(22-9-11-24-12-10-22)13-20-18(19-8-3)21-15(4)14-23-5/h15-17H,6-14H2,1-5H3,(H2,19,20,21). The van der Waals surface area contributed by atoms with Gasteiger partial charge in [0.1, 0.15) is 0 Å². The highest BCUT2D eigenvalue weighted by Gasteiger charge is 2.26. The van der Waals surface area contributed by atoms with Crippen molar-refractivity contribution in [3.63, 3.8) is 0 Å². The summed E-state index contributed by atoms with van der Waals surface area (Å²) in [5.41, 5.74) is 0. The van der Waals surface area contributed by atoms with E-state index in [9.17, 15) is 0 Å². The molecular formula is C18H38N4O2. The van der Waals surface area contributed by atoms with Crippen LogP contribution in [0.25, 0.3) is 0 Å². The van der Waals surface area contributed by atoms with Gasteiger partial charge in [-0.1, -0.05) is 26.7 Å². The van der Waals surface area contributed by atoms with Crippen molar-refractivity contribution in [2.75, 3.05) is 53.1 Å². The zero-order valence-electron chi connectivity index (χ0n) is 16.3. The quantitative estimate of drug-likeness (QED) is 0.468. The summed E-state index contributed by atoms with van der Waals surface area (Å²) >= 11 is 0. The highest BCUT2D eigenvalue weighted by Crippen LogP contribution is 2.20. The van der Waals surface area contributed by atoms with Crippen molar-refractivity contribution in [1.82, 2.24) is 15.5 Å². The predicted molar refractivity (Wildman–Crippen MR) is 101 cm³/mol. The van der Waals surface area contributed by atoms with Crippen LogP contribution in [0.5, 0.6) is 0 Å². The van der Waals surface area contributed by atoms with Gasteiger partial charge in [-0.3, -0.25) is 9.89 Å². The molecule has 1 aliphatic rings. The molecule has 0 radical (unpaired) electrons. The number of aliphatic imine (C=N–C) groups is 1. The highest BCUT2D eigenvalue weighted by molar-refractivity contribution is 5.80. The molecule has 0 amide bonds. The molecule has 0 saturated carbocycles. The summed E-state index contributed by atoms with van der Waals surface area (Å²) in [4.78, 5) is 7.45. The molecule has 1 saturated heterocycles. The molecule has 0 bridgehead atoms.